The summed E-state index contributed by atoms with van der Waals surface area (Å²) in [5.74, 6) is -0.716. The minimum atomic E-state index is -4.48. The lowest BCUT2D eigenvalue weighted by atomic mass is 10.1. The van der Waals surface area contributed by atoms with Gasteiger partial charge >= 0.3 is 12.1 Å². The number of carbonyl (C=O) groups is 2. The van der Waals surface area contributed by atoms with E-state index in [0.29, 0.717) is 26.1 Å². The van der Waals surface area contributed by atoms with Crippen LogP contribution in [0, 0.1) is 0 Å². The Kier molecular flexibility index (Phi) is 8.21. The standard InChI is InChI=1S/C23H20F3NO5S2/c1-31-18-8-7-14(11-19-21(30)27(22(33)34-19)9-3-6-20(28)29)10-15(18)13-32-17-5-2-4-16(12-17)23(24,25)26/h2,4-5,7-8,10-12H,3,6,9,13H2,1H3,(H,28,29). The number of carboxylic acid groups (broad SMARTS) is 1. The number of thiocarbonyl (C=S) groups is 1. The summed E-state index contributed by atoms with van der Waals surface area (Å²) in [4.78, 5) is 25.2. The van der Waals surface area contributed by atoms with Gasteiger partial charge in [0.2, 0.25) is 0 Å². The third-order valence-electron chi connectivity index (χ3n) is 4.80. The van der Waals surface area contributed by atoms with Crippen molar-refractivity contribution in [2.75, 3.05) is 13.7 Å². The molecule has 2 aromatic rings. The SMILES string of the molecule is COc1ccc(C=C2SC(=S)N(CCCC(=O)O)C2=O)cc1COc1cccc(C(F)(F)F)c1. The van der Waals surface area contributed by atoms with E-state index in [1.165, 1.54) is 24.1 Å². The van der Waals surface area contributed by atoms with E-state index in [1.54, 1.807) is 24.3 Å². The molecule has 1 amide bonds. The van der Waals surface area contributed by atoms with Crippen molar-refractivity contribution in [1.82, 2.24) is 4.90 Å². The van der Waals surface area contributed by atoms with E-state index in [2.05, 4.69) is 0 Å². The molecule has 0 aromatic heterocycles. The topological polar surface area (TPSA) is 76.1 Å². The van der Waals surface area contributed by atoms with Gasteiger partial charge in [0.05, 0.1) is 17.6 Å². The van der Waals surface area contributed by atoms with Crippen LogP contribution < -0.4 is 9.47 Å². The smallest absolute Gasteiger partial charge is 0.416 e. The molecule has 1 heterocycles. The zero-order valence-electron chi connectivity index (χ0n) is 17.9. The van der Waals surface area contributed by atoms with Crippen molar-refractivity contribution in [2.24, 2.45) is 0 Å². The van der Waals surface area contributed by atoms with Crippen LogP contribution in [0.3, 0.4) is 0 Å². The van der Waals surface area contributed by atoms with Gasteiger partial charge in [-0.2, -0.15) is 13.2 Å². The number of hydrogen-bond donors (Lipinski definition) is 1. The number of nitrogens with zero attached hydrogens (tertiary/aromatic N) is 1. The molecule has 0 unspecified atom stereocenters. The molecule has 0 bridgehead atoms. The first-order valence-corrected chi connectivity index (χ1v) is 11.2. The second kappa shape index (κ2) is 10.9. The molecular formula is C23H20F3NO5S2. The van der Waals surface area contributed by atoms with Gasteiger partial charge in [-0.3, -0.25) is 14.5 Å². The van der Waals surface area contributed by atoms with Gasteiger partial charge in [-0.25, -0.2) is 0 Å². The van der Waals surface area contributed by atoms with Crippen LogP contribution in [-0.4, -0.2) is 39.9 Å². The maximum absolute atomic E-state index is 12.9. The van der Waals surface area contributed by atoms with Gasteiger partial charge in [-0.05, 0) is 48.4 Å². The number of amides is 1. The van der Waals surface area contributed by atoms with Gasteiger partial charge < -0.3 is 14.6 Å². The Morgan fingerprint density at radius 1 is 1.24 bits per heavy atom. The summed E-state index contributed by atoms with van der Waals surface area (Å²) >= 11 is 6.37. The van der Waals surface area contributed by atoms with Gasteiger partial charge in [0.25, 0.3) is 5.91 Å². The molecule has 0 spiro atoms. The molecule has 1 fully saturated rings. The maximum Gasteiger partial charge on any atom is 0.416 e. The number of thioether (sulfide) groups is 1. The fourth-order valence-corrected chi connectivity index (χ4v) is 4.47. The number of carbonyl (C=O) groups excluding carboxylic acids is 1. The zero-order chi connectivity index (χ0) is 24.9. The summed E-state index contributed by atoms with van der Waals surface area (Å²) in [7, 11) is 1.46. The highest BCUT2D eigenvalue weighted by Gasteiger charge is 2.32. The molecule has 1 aliphatic heterocycles. The van der Waals surface area contributed by atoms with Gasteiger partial charge in [-0.1, -0.05) is 36.1 Å². The molecule has 0 saturated carbocycles. The van der Waals surface area contributed by atoms with Crippen LogP contribution in [0.25, 0.3) is 6.08 Å². The molecule has 3 rings (SSSR count). The summed E-state index contributed by atoms with van der Waals surface area (Å²) in [6.45, 7) is 0.162. The van der Waals surface area contributed by atoms with Gasteiger partial charge in [0, 0.05) is 18.5 Å². The molecule has 0 atom stereocenters. The van der Waals surface area contributed by atoms with Crippen LogP contribution in [0.15, 0.2) is 47.4 Å². The summed E-state index contributed by atoms with van der Waals surface area (Å²) < 4.78 is 50.1. The van der Waals surface area contributed by atoms with E-state index in [4.69, 9.17) is 26.8 Å². The Morgan fingerprint density at radius 2 is 2.00 bits per heavy atom. The average molecular weight is 512 g/mol. The van der Waals surface area contributed by atoms with E-state index in [-0.39, 0.29) is 37.6 Å². The number of hydrogen-bond acceptors (Lipinski definition) is 6. The zero-order valence-corrected chi connectivity index (χ0v) is 19.6. The summed E-state index contributed by atoms with van der Waals surface area (Å²) in [6.07, 6.45) is -2.61. The first-order valence-electron chi connectivity index (χ1n) is 10.0. The molecule has 34 heavy (non-hydrogen) atoms. The van der Waals surface area contributed by atoms with Crippen LogP contribution >= 0.6 is 24.0 Å². The van der Waals surface area contributed by atoms with Gasteiger partial charge in [-0.15, -0.1) is 0 Å². The van der Waals surface area contributed by atoms with Crippen molar-refractivity contribution in [3.05, 3.63) is 64.1 Å². The van der Waals surface area contributed by atoms with Crippen LogP contribution in [-0.2, 0) is 22.4 Å². The fraction of sp³-hybridized carbons (Fsp3) is 0.261. The first-order chi connectivity index (χ1) is 16.1. The third-order valence-corrected chi connectivity index (χ3v) is 6.18. The Labute approximate surface area is 203 Å². The number of alkyl halides is 3. The second-order valence-electron chi connectivity index (χ2n) is 7.22. The highest BCUT2D eigenvalue weighted by Crippen LogP contribution is 2.34. The largest absolute Gasteiger partial charge is 0.496 e. The minimum Gasteiger partial charge on any atom is -0.496 e. The Morgan fingerprint density at radius 3 is 2.68 bits per heavy atom. The van der Waals surface area contributed by atoms with Gasteiger partial charge in [0.15, 0.2) is 0 Å². The van der Waals surface area contributed by atoms with E-state index in [1.807, 2.05) is 0 Å². The third kappa shape index (κ3) is 6.51. The average Bonchev–Trinajstić information content (AvgIpc) is 3.04. The normalized spacial score (nSPS) is 15.2. The molecule has 0 aliphatic carbocycles. The van der Waals surface area contributed by atoms with Crippen molar-refractivity contribution >= 4 is 46.3 Å². The predicted octanol–water partition coefficient (Wildman–Crippen LogP) is 5.36. The number of methoxy groups -OCH3 is 1. The summed E-state index contributed by atoms with van der Waals surface area (Å²) in [5.41, 5.74) is 0.413. The lowest BCUT2D eigenvalue weighted by Gasteiger charge is -2.13. The Bertz CT molecular complexity index is 1130. The molecular weight excluding hydrogens is 491 g/mol. The number of rotatable bonds is 9. The van der Waals surface area contributed by atoms with Crippen LogP contribution in [0.4, 0.5) is 13.2 Å². The predicted molar refractivity (Wildman–Crippen MR) is 126 cm³/mol. The summed E-state index contributed by atoms with van der Waals surface area (Å²) in [5, 5.41) is 8.78. The molecule has 1 N–H and O–H groups in total. The van der Waals surface area contributed by atoms with E-state index in [0.717, 1.165) is 23.9 Å². The van der Waals surface area contributed by atoms with E-state index >= 15 is 0 Å². The van der Waals surface area contributed by atoms with E-state index < -0.39 is 17.7 Å². The molecule has 0 radical (unpaired) electrons. The highest BCUT2D eigenvalue weighted by atomic mass is 32.2. The van der Waals surface area contributed by atoms with Gasteiger partial charge in [0.1, 0.15) is 22.4 Å². The Balaban J connectivity index is 1.75. The lowest BCUT2D eigenvalue weighted by molar-refractivity contribution is -0.138. The fourth-order valence-electron chi connectivity index (χ4n) is 3.16. The van der Waals surface area contributed by atoms with Crippen LogP contribution in [0.5, 0.6) is 11.5 Å². The van der Waals surface area contributed by atoms with Crippen molar-refractivity contribution < 1.29 is 37.3 Å². The van der Waals surface area contributed by atoms with Crippen molar-refractivity contribution in [3.63, 3.8) is 0 Å². The van der Waals surface area contributed by atoms with Crippen molar-refractivity contribution in [1.29, 1.82) is 0 Å². The molecule has 11 heteroatoms. The number of aliphatic carboxylic acids is 1. The molecule has 1 saturated heterocycles. The van der Waals surface area contributed by atoms with Crippen molar-refractivity contribution in [3.8, 4) is 11.5 Å². The number of benzene rings is 2. The number of carboxylic acids is 1. The van der Waals surface area contributed by atoms with Crippen LogP contribution in [0.2, 0.25) is 0 Å². The van der Waals surface area contributed by atoms with Crippen LogP contribution in [0.1, 0.15) is 29.5 Å². The monoisotopic (exact) mass is 511 g/mol. The molecule has 2 aromatic carbocycles. The number of halogens is 3. The highest BCUT2D eigenvalue weighted by molar-refractivity contribution is 8.26. The molecule has 180 valence electrons. The minimum absolute atomic E-state index is 0.0533. The van der Waals surface area contributed by atoms with E-state index in [9.17, 15) is 22.8 Å². The molecule has 1 aliphatic rings. The molecule has 6 nitrogen and oxygen atoms in total. The first kappa shape index (κ1) is 25.6. The maximum atomic E-state index is 12.9. The second-order valence-corrected chi connectivity index (χ2v) is 8.89. The van der Waals surface area contributed by atoms with Crippen molar-refractivity contribution in [2.45, 2.75) is 25.6 Å². The number of ether oxygens (including phenoxy) is 2. The quantitative estimate of drug-likeness (QED) is 0.359. The summed E-state index contributed by atoms with van der Waals surface area (Å²) in [6, 6.07) is 9.70. The lowest BCUT2D eigenvalue weighted by Crippen LogP contribution is -2.29. The Hall–Kier alpha value is -3.05.